The average Bonchev–Trinajstić information content (AvgIpc) is 2.10. The van der Waals surface area contributed by atoms with Crippen molar-refractivity contribution in [2.24, 2.45) is 0 Å². The third-order valence-corrected chi connectivity index (χ3v) is 1.88. The predicted octanol–water partition coefficient (Wildman–Crippen LogP) is 2.30. The summed E-state index contributed by atoms with van der Waals surface area (Å²) in [7, 11) is 0. The number of halogens is 3. The average molecular weight is 220 g/mol. The number of anilines is 1. The lowest BCUT2D eigenvalue weighted by Gasteiger charge is -2.17. The molecular weight excluding hydrogens is 209 g/mol. The van der Waals surface area contributed by atoms with Gasteiger partial charge in [0.25, 0.3) is 0 Å². The summed E-state index contributed by atoms with van der Waals surface area (Å²) in [6.45, 7) is 2.59. The molecule has 0 aromatic carbocycles. The van der Waals surface area contributed by atoms with E-state index in [2.05, 4.69) is 9.72 Å². The van der Waals surface area contributed by atoms with Crippen LogP contribution in [0, 0.1) is 6.92 Å². The zero-order valence-electron chi connectivity index (χ0n) is 8.30. The summed E-state index contributed by atoms with van der Waals surface area (Å²) in [4.78, 5) is 3.65. The number of nitrogens with two attached hydrogens (primary N) is 1. The van der Waals surface area contributed by atoms with Gasteiger partial charge in [0.15, 0.2) is 6.10 Å². The van der Waals surface area contributed by atoms with Crippen LogP contribution in [0.1, 0.15) is 12.5 Å². The van der Waals surface area contributed by atoms with Gasteiger partial charge in [-0.15, -0.1) is 0 Å². The standard InChI is InChI=1S/C9H11F3N2O/c1-5-3-8(14-4-7(5)13)15-6(2)9(10,11)12/h3-4,6H,13H2,1-2H3. The van der Waals surface area contributed by atoms with Gasteiger partial charge >= 0.3 is 6.18 Å². The SMILES string of the molecule is Cc1cc(OC(C)C(F)(F)F)ncc1N. The van der Waals surface area contributed by atoms with E-state index in [4.69, 9.17) is 5.73 Å². The van der Waals surface area contributed by atoms with Crippen molar-refractivity contribution in [2.45, 2.75) is 26.1 Å². The van der Waals surface area contributed by atoms with E-state index in [-0.39, 0.29) is 5.88 Å². The monoisotopic (exact) mass is 220 g/mol. The highest BCUT2D eigenvalue weighted by Crippen LogP contribution is 2.24. The Morgan fingerprint density at radius 2 is 2.07 bits per heavy atom. The fraction of sp³-hybridized carbons (Fsp3) is 0.444. The molecule has 0 saturated carbocycles. The van der Waals surface area contributed by atoms with Crippen molar-refractivity contribution < 1.29 is 17.9 Å². The van der Waals surface area contributed by atoms with Crippen LogP contribution in [0.25, 0.3) is 0 Å². The molecule has 1 unspecified atom stereocenters. The van der Waals surface area contributed by atoms with Crippen molar-refractivity contribution in [3.63, 3.8) is 0 Å². The van der Waals surface area contributed by atoms with E-state index in [9.17, 15) is 13.2 Å². The van der Waals surface area contributed by atoms with Gasteiger partial charge in [0.1, 0.15) is 0 Å². The Hall–Kier alpha value is -1.46. The van der Waals surface area contributed by atoms with Crippen LogP contribution < -0.4 is 10.5 Å². The fourth-order valence-electron chi connectivity index (χ4n) is 0.853. The third-order valence-electron chi connectivity index (χ3n) is 1.88. The van der Waals surface area contributed by atoms with Gasteiger partial charge in [0.2, 0.25) is 5.88 Å². The lowest BCUT2D eigenvalue weighted by molar-refractivity contribution is -0.189. The number of ether oxygens (including phenoxy) is 1. The third kappa shape index (κ3) is 3.00. The van der Waals surface area contributed by atoms with Crippen LogP contribution in [0.3, 0.4) is 0 Å². The van der Waals surface area contributed by atoms with Crippen LogP contribution in [0.4, 0.5) is 18.9 Å². The molecule has 0 aliphatic carbocycles. The molecule has 15 heavy (non-hydrogen) atoms. The zero-order valence-corrected chi connectivity index (χ0v) is 8.30. The minimum Gasteiger partial charge on any atom is -0.465 e. The molecule has 0 bridgehead atoms. The van der Waals surface area contributed by atoms with Gasteiger partial charge in [0.05, 0.1) is 11.9 Å². The molecule has 0 fully saturated rings. The highest BCUT2D eigenvalue weighted by molar-refractivity contribution is 5.45. The summed E-state index contributed by atoms with van der Waals surface area (Å²) < 4.78 is 41.0. The van der Waals surface area contributed by atoms with Crippen molar-refractivity contribution in [1.82, 2.24) is 4.98 Å². The number of aromatic nitrogens is 1. The first-order chi connectivity index (χ1) is 6.80. The summed E-state index contributed by atoms with van der Waals surface area (Å²) in [5, 5.41) is 0. The Morgan fingerprint density at radius 1 is 1.47 bits per heavy atom. The number of hydrogen-bond acceptors (Lipinski definition) is 3. The van der Waals surface area contributed by atoms with E-state index >= 15 is 0 Å². The Labute approximate surface area is 85.1 Å². The smallest absolute Gasteiger partial charge is 0.425 e. The van der Waals surface area contributed by atoms with Gasteiger partial charge < -0.3 is 10.5 Å². The summed E-state index contributed by atoms with van der Waals surface area (Å²) in [6, 6.07) is 1.37. The van der Waals surface area contributed by atoms with Crippen LogP contribution in [0.2, 0.25) is 0 Å². The zero-order chi connectivity index (χ0) is 11.6. The molecule has 3 nitrogen and oxygen atoms in total. The number of alkyl halides is 3. The van der Waals surface area contributed by atoms with Crippen molar-refractivity contribution in [3.8, 4) is 5.88 Å². The number of aryl methyl sites for hydroxylation is 1. The highest BCUT2D eigenvalue weighted by Gasteiger charge is 2.38. The van der Waals surface area contributed by atoms with Crippen LogP contribution in [0.15, 0.2) is 12.3 Å². The van der Waals surface area contributed by atoms with Crippen molar-refractivity contribution in [3.05, 3.63) is 17.8 Å². The summed E-state index contributed by atoms with van der Waals surface area (Å²) >= 11 is 0. The molecule has 1 atom stereocenters. The summed E-state index contributed by atoms with van der Waals surface area (Å²) in [5.41, 5.74) is 6.52. The minimum atomic E-state index is -4.39. The fourth-order valence-corrected chi connectivity index (χ4v) is 0.853. The van der Waals surface area contributed by atoms with Gasteiger partial charge in [-0.1, -0.05) is 0 Å². The molecule has 84 valence electrons. The molecular formula is C9H11F3N2O. The molecule has 2 N–H and O–H groups in total. The molecule has 1 rings (SSSR count). The molecule has 1 aromatic rings. The normalized spacial score (nSPS) is 13.7. The van der Waals surface area contributed by atoms with E-state index < -0.39 is 12.3 Å². The minimum absolute atomic E-state index is 0.0773. The molecule has 0 aliphatic heterocycles. The second-order valence-corrected chi connectivity index (χ2v) is 3.18. The van der Waals surface area contributed by atoms with E-state index in [0.29, 0.717) is 11.3 Å². The second kappa shape index (κ2) is 3.96. The van der Waals surface area contributed by atoms with Crippen LogP contribution in [-0.4, -0.2) is 17.3 Å². The molecule has 1 aromatic heterocycles. The maximum absolute atomic E-state index is 12.1. The quantitative estimate of drug-likeness (QED) is 0.831. The van der Waals surface area contributed by atoms with E-state index in [1.54, 1.807) is 6.92 Å². The number of rotatable bonds is 2. The van der Waals surface area contributed by atoms with Crippen LogP contribution in [0.5, 0.6) is 5.88 Å². The number of pyridine rings is 1. The maximum atomic E-state index is 12.1. The van der Waals surface area contributed by atoms with Gasteiger partial charge in [-0.25, -0.2) is 4.98 Å². The van der Waals surface area contributed by atoms with E-state index in [0.717, 1.165) is 6.92 Å². The first kappa shape index (κ1) is 11.6. The molecule has 6 heteroatoms. The van der Waals surface area contributed by atoms with Crippen LogP contribution >= 0.6 is 0 Å². The van der Waals surface area contributed by atoms with Gasteiger partial charge in [-0.05, 0) is 19.4 Å². The predicted molar refractivity (Wildman–Crippen MR) is 49.5 cm³/mol. The lowest BCUT2D eigenvalue weighted by atomic mass is 10.2. The summed E-state index contributed by atoms with van der Waals surface area (Å²) in [5.74, 6) is -0.0773. The Balaban J connectivity index is 2.78. The number of nitrogens with zero attached hydrogens (tertiary/aromatic N) is 1. The van der Waals surface area contributed by atoms with Gasteiger partial charge in [0, 0.05) is 6.07 Å². The molecule has 1 heterocycles. The Bertz CT molecular complexity index is 352. The topological polar surface area (TPSA) is 48.1 Å². The van der Waals surface area contributed by atoms with Gasteiger partial charge in [-0.3, -0.25) is 0 Å². The maximum Gasteiger partial charge on any atom is 0.425 e. The largest absolute Gasteiger partial charge is 0.465 e. The first-order valence-electron chi connectivity index (χ1n) is 4.26. The molecule has 0 spiro atoms. The molecule has 0 saturated heterocycles. The van der Waals surface area contributed by atoms with Crippen molar-refractivity contribution in [1.29, 1.82) is 0 Å². The Kier molecular flexibility index (Phi) is 3.06. The van der Waals surface area contributed by atoms with E-state index in [1.165, 1.54) is 12.3 Å². The first-order valence-corrected chi connectivity index (χ1v) is 4.26. The van der Waals surface area contributed by atoms with Crippen molar-refractivity contribution in [2.75, 3.05) is 5.73 Å². The van der Waals surface area contributed by atoms with Crippen molar-refractivity contribution >= 4 is 5.69 Å². The van der Waals surface area contributed by atoms with E-state index in [1.807, 2.05) is 0 Å². The Morgan fingerprint density at radius 3 is 2.53 bits per heavy atom. The molecule has 0 amide bonds. The lowest BCUT2D eigenvalue weighted by Crippen LogP contribution is -2.31. The number of hydrogen-bond donors (Lipinski definition) is 1. The summed E-state index contributed by atoms with van der Waals surface area (Å²) in [6.07, 6.45) is -5.00. The second-order valence-electron chi connectivity index (χ2n) is 3.18. The van der Waals surface area contributed by atoms with Gasteiger partial charge in [-0.2, -0.15) is 13.2 Å². The van der Waals surface area contributed by atoms with Crippen LogP contribution in [-0.2, 0) is 0 Å². The number of nitrogen functional groups attached to an aromatic ring is 1. The highest BCUT2D eigenvalue weighted by atomic mass is 19.4. The molecule has 0 radical (unpaired) electrons. The molecule has 0 aliphatic rings.